The molecule has 19 heavy (non-hydrogen) atoms. The third kappa shape index (κ3) is 3.79. The summed E-state index contributed by atoms with van der Waals surface area (Å²) in [5.74, 6) is -0.575. The van der Waals surface area contributed by atoms with Gasteiger partial charge in [-0.25, -0.2) is 14.8 Å². The second-order valence-electron chi connectivity index (χ2n) is 3.50. The number of halogens is 1. The van der Waals surface area contributed by atoms with E-state index in [1.165, 1.54) is 18.5 Å². The monoisotopic (exact) mass is 276 g/mol. The van der Waals surface area contributed by atoms with E-state index in [0.29, 0.717) is 16.3 Å². The maximum absolute atomic E-state index is 10.4. The molecule has 0 spiro atoms. The molecule has 0 aliphatic carbocycles. The molecule has 0 bridgehead atoms. The normalized spacial score (nSPS) is 10.6. The summed E-state index contributed by atoms with van der Waals surface area (Å²) in [5.41, 5.74) is 0.564. The summed E-state index contributed by atoms with van der Waals surface area (Å²) in [4.78, 5) is 18.3. The number of benzene rings is 1. The third-order valence-corrected chi connectivity index (χ3v) is 2.42. The van der Waals surface area contributed by atoms with Gasteiger partial charge in [0.1, 0.15) is 5.75 Å². The predicted octanol–water partition coefficient (Wildman–Crippen LogP) is 3.02. The number of carboxylic acid groups (broad SMARTS) is 1. The van der Waals surface area contributed by atoms with Crippen LogP contribution in [0.1, 0.15) is 5.56 Å². The van der Waals surface area contributed by atoms with Crippen molar-refractivity contribution in [2.75, 3.05) is 0 Å². The van der Waals surface area contributed by atoms with Gasteiger partial charge in [0, 0.05) is 24.0 Å². The Kier molecular flexibility index (Phi) is 4.10. The lowest BCUT2D eigenvalue weighted by Gasteiger charge is -2.04. The Bertz CT molecular complexity index is 612. The van der Waals surface area contributed by atoms with Crippen molar-refractivity contribution >= 4 is 23.6 Å². The Morgan fingerprint density at radius 2 is 1.95 bits per heavy atom. The molecule has 0 fully saturated rings. The third-order valence-electron chi connectivity index (χ3n) is 2.10. The van der Waals surface area contributed by atoms with Crippen molar-refractivity contribution in [1.82, 2.24) is 9.97 Å². The molecule has 1 N–H and O–H groups in total. The van der Waals surface area contributed by atoms with Gasteiger partial charge in [0.25, 0.3) is 0 Å². The molecule has 96 valence electrons. The molecule has 0 atom stereocenters. The molecule has 1 heterocycles. The number of para-hydroxylation sites is 1. The lowest BCUT2D eigenvalue weighted by molar-refractivity contribution is -0.131. The largest absolute Gasteiger partial charge is 0.478 e. The first kappa shape index (κ1) is 13.0. The molecule has 0 aliphatic rings. The second kappa shape index (κ2) is 5.97. The Labute approximate surface area is 114 Å². The molecule has 0 unspecified atom stereocenters. The summed E-state index contributed by atoms with van der Waals surface area (Å²) in [6.07, 6.45) is 5.31. The first-order valence-corrected chi connectivity index (χ1v) is 5.68. The van der Waals surface area contributed by atoms with Gasteiger partial charge in [0.15, 0.2) is 0 Å². The highest BCUT2D eigenvalue weighted by atomic mass is 35.5. The highest BCUT2D eigenvalue weighted by Gasteiger charge is 2.03. The standard InChI is InChI=1S/C13H9ClN2O3/c14-10-3-1-2-4-11(10)19-13-15-7-9(8-16-13)5-6-12(17)18/h1-8H,(H,17,18)/b6-5+. The van der Waals surface area contributed by atoms with Gasteiger partial charge in [-0.15, -0.1) is 0 Å². The Morgan fingerprint density at radius 1 is 1.26 bits per heavy atom. The van der Waals surface area contributed by atoms with Crippen LogP contribution < -0.4 is 4.74 Å². The van der Waals surface area contributed by atoms with E-state index in [9.17, 15) is 4.79 Å². The van der Waals surface area contributed by atoms with Crippen molar-refractivity contribution in [3.8, 4) is 11.8 Å². The van der Waals surface area contributed by atoms with E-state index in [4.69, 9.17) is 21.4 Å². The van der Waals surface area contributed by atoms with Crippen LogP contribution in [0.25, 0.3) is 6.08 Å². The lowest BCUT2D eigenvalue weighted by Crippen LogP contribution is -1.92. The van der Waals surface area contributed by atoms with E-state index in [0.717, 1.165) is 6.08 Å². The molecule has 2 aromatic rings. The first-order valence-electron chi connectivity index (χ1n) is 5.30. The minimum Gasteiger partial charge on any atom is -0.478 e. The van der Waals surface area contributed by atoms with Crippen LogP contribution in [0.3, 0.4) is 0 Å². The van der Waals surface area contributed by atoms with Crippen molar-refractivity contribution in [2.24, 2.45) is 0 Å². The Hall–Kier alpha value is -2.40. The van der Waals surface area contributed by atoms with Gasteiger partial charge in [0.2, 0.25) is 0 Å². The molecular weight excluding hydrogens is 268 g/mol. The predicted molar refractivity (Wildman–Crippen MR) is 70.2 cm³/mol. The number of ether oxygens (including phenoxy) is 1. The number of carboxylic acids is 1. The highest BCUT2D eigenvalue weighted by molar-refractivity contribution is 6.32. The van der Waals surface area contributed by atoms with Gasteiger partial charge in [-0.05, 0) is 18.2 Å². The van der Waals surface area contributed by atoms with E-state index < -0.39 is 5.97 Å². The van der Waals surface area contributed by atoms with Crippen LogP contribution in [0.4, 0.5) is 0 Å². The fraction of sp³-hybridized carbons (Fsp3) is 0. The highest BCUT2D eigenvalue weighted by Crippen LogP contribution is 2.26. The zero-order chi connectivity index (χ0) is 13.7. The summed E-state index contributed by atoms with van der Waals surface area (Å²) in [5, 5.41) is 8.95. The van der Waals surface area contributed by atoms with Crippen molar-refractivity contribution < 1.29 is 14.6 Å². The molecule has 1 aromatic heterocycles. The van der Waals surface area contributed by atoms with Crippen LogP contribution in [0.2, 0.25) is 5.02 Å². The molecule has 1 aromatic carbocycles. The van der Waals surface area contributed by atoms with Gasteiger partial charge in [-0.1, -0.05) is 23.7 Å². The number of hydrogen-bond acceptors (Lipinski definition) is 4. The number of nitrogens with zero attached hydrogens (tertiary/aromatic N) is 2. The molecular formula is C13H9ClN2O3. The van der Waals surface area contributed by atoms with E-state index in [1.54, 1.807) is 24.3 Å². The number of aromatic nitrogens is 2. The zero-order valence-corrected chi connectivity index (χ0v) is 10.4. The maximum atomic E-state index is 10.4. The molecule has 0 radical (unpaired) electrons. The van der Waals surface area contributed by atoms with Crippen molar-refractivity contribution in [3.63, 3.8) is 0 Å². The van der Waals surface area contributed by atoms with Gasteiger partial charge in [-0.2, -0.15) is 0 Å². The van der Waals surface area contributed by atoms with Crippen LogP contribution in [-0.2, 0) is 4.79 Å². The Balaban J connectivity index is 2.11. The van der Waals surface area contributed by atoms with Crippen LogP contribution >= 0.6 is 11.6 Å². The lowest BCUT2D eigenvalue weighted by atomic mass is 10.3. The van der Waals surface area contributed by atoms with Crippen molar-refractivity contribution in [2.45, 2.75) is 0 Å². The summed E-state index contributed by atoms with van der Waals surface area (Å²) in [6, 6.07) is 7.10. The number of rotatable bonds is 4. The molecule has 2 rings (SSSR count). The van der Waals surface area contributed by atoms with Gasteiger partial charge in [-0.3, -0.25) is 0 Å². The Morgan fingerprint density at radius 3 is 2.58 bits per heavy atom. The number of carbonyl (C=O) groups is 1. The maximum Gasteiger partial charge on any atom is 0.328 e. The van der Waals surface area contributed by atoms with E-state index in [-0.39, 0.29) is 6.01 Å². The topological polar surface area (TPSA) is 72.3 Å². The summed E-state index contributed by atoms with van der Waals surface area (Å²) >= 11 is 5.93. The summed E-state index contributed by atoms with van der Waals surface area (Å²) < 4.78 is 5.40. The van der Waals surface area contributed by atoms with Gasteiger partial charge in [0.05, 0.1) is 5.02 Å². The molecule has 0 amide bonds. The SMILES string of the molecule is O=C(O)/C=C/c1cnc(Oc2ccccc2Cl)nc1. The smallest absolute Gasteiger partial charge is 0.328 e. The number of hydrogen-bond donors (Lipinski definition) is 1. The molecule has 0 saturated heterocycles. The van der Waals surface area contributed by atoms with Crippen LogP contribution in [0, 0.1) is 0 Å². The molecule has 0 saturated carbocycles. The summed E-state index contributed by atoms with van der Waals surface area (Å²) in [6.45, 7) is 0. The first-order chi connectivity index (χ1) is 9.15. The van der Waals surface area contributed by atoms with Gasteiger partial charge >= 0.3 is 12.0 Å². The zero-order valence-electron chi connectivity index (χ0n) is 9.65. The average molecular weight is 277 g/mol. The quantitative estimate of drug-likeness (QED) is 0.869. The van der Waals surface area contributed by atoms with Crippen LogP contribution in [0.15, 0.2) is 42.7 Å². The average Bonchev–Trinajstić information content (AvgIpc) is 2.40. The minimum atomic E-state index is -1.03. The van der Waals surface area contributed by atoms with Crippen molar-refractivity contribution in [1.29, 1.82) is 0 Å². The van der Waals surface area contributed by atoms with E-state index in [1.807, 2.05) is 0 Å². The van der Waals surface area contributed by atoms with E-state index >= 15 is 0 Å². The minimum absolute atomic E-state index is 0.139. The number of aliphatic carboxylic acids is 1. The molecule has 0 aliphatic heterocycles. The van der Waals surface area contributed by atoms with Crippen LogP contribution in [-0.4, -0.2) is 21.0 Å². The van der Waals surface area contributed by atoms with E-state index in [2.05, 4.69) is 9.97 Å². The molecule has 5 nitrogen and oxygen atoms in total. The summed E-state index contributed by atoms with van der Waals surface area (Å²) in [7, 11) is 0. The molecule has 6 heteroatoms. The van der Waals surface area contributed by atoms with Crippen molar-refractivity contribution in [3.05, 3.63) is 53.3 Å². The fourth-order valence-corrected chi connectivity index (χ4v) is 1.43. The van der Waals surface area contributed by atoms with Crippen LogP contribution in [0.5, 0.6) is 11.8 Å². The second-order valence-corrected chi connectivity index (χ2v) is 3.91. The van der Waals surface area contributed by atoms with Gasteiger partial charge < -0.3 is 9.84 Å². The fourth-order valence-electron chi connectivity index (χ4n) is 1.26.